The Morgan fingerprint density at radius 2 is 1.78 bits per heavy atom. The first-order valence-corrected chi connectivity index (χ1v) is 20.2. The van der Waals surface area contributed by atoms with Gasteiger partial charge in [0.05, 0.1) is 11.6 Å². The number of carbonyl (C=O) groups is 3. The fraction of sp³-hybridized carbons (Fsp3) is 0.370. The highest BCUT2D eigenvalue weighted by Crippen LogP contribution is 2.34. The van der Waals surface area contributed by atoms with Gasteiger partial charge >= 0.3 is 11.8 Å². The summed E-state index contributed by atoms with van der Waals surface area (Å²) in [6.45, 7) is 10.5. The van der Waals surface area contributed by atoms with E-state index in [0.717, 1.165) is 67.3 Å². The van der Waals surface area contributed by atoms with Gasteiger partial charge in [0.2, 0.25) is 5.91 Å². The molecule has 1 fully saturated rings. The summed E-state index contributed by atoms with van der Waals surface area (Å²) in [4.78, 5) is 47.3. The number of carbonyl (C=O) groups excluding carboxylic acids is 3. The number of fused-ring (bicyclic) bond motifs is 1. The van der Waals surface area contributed by atoms with Crippen LogP contribution in [0.15, 0.2) is 77.4 Å². The molecule has 306 valence electrons. The van der Waals surface area contributed by atoms with Gasteiger partial charge < -0.3 is 24.9 Å². The first kappa shape index (κ1) is 41.1. The first-order chi connectivity index (χ1) is 28.4. The lowest BCUT2D eigenvalue weighted by atomic mass is 9.88. The monoisotopic (exact) mass is 798 g/mol. The third-order valence-corrected chi connectivity index (χ3v) is 11.4. The topological polar surface area (TPSA) is 159 Å². The highest BCUT2D eigenvalue weighted by Gasteiger charge is 2.25. The van der Waals surface area contributed by atoms with Gasteiger partial charge in [0.15, 0.2) is 11.5 Å². The summed E-state index contributed by atoms with van der Waals surface area (Å²) in [6, 6.07) is 22.5. The summed E-state index contributed by atoms with van der Waals surface area (Å²) >= 11 is 0. The van der Waals surface area contributed by atoms with Crippen LogP contribution in [0, 0.1) is 12.7 Å². The molecule has 0 radical (unpaired) electrons. The van der Waals surface area contributed by atoms with Crippen LogP contribution in [0.5, 0.6) is 0 Å². The number of likely N-dealkylation sites (N-methyl/N-ethyl adjacent to an activating group) is 1. The van der Waals surface area contributed by atoms with Crippen LogP contribution in [0.1, 0.15) is 103 Å². The first-order valence-electron chi connectivity index (χ1n) is 20.2. The van der Waals surface area contributed by atoms with E-state index in [4.69, 9.17) is 4.52 Å². The number of piperidine rings is 1. The van der Waals surface area contributed by atoms with Crippen LogP contribution in [0.25, 0.3) is 33.4 Å². The van der Waals surface area contributed by atoms with Crippen molar-refractivity contribution in [3.05, 3.63) is 118 Å². The Hall–Kier alpha value is -6.08. The van der Waals surface area contributed by atoms with Crippen LogP contribution in [-0.4, -0.2) is 75.0 Å². The number of aromatic nitrogens is 5. The van der Waals surface area contributed by atoms with Crippen LogP contribution >= 0.6 is 0 Å². The molecule has 1 aliphatic rings. The van der Waals surface area contributed by atoms with Crippen molar-refractivity contribution >= 4 is 29.1 Å². The number of rotatable bonds is 14. The number of aromatic amines is 1. The lowest BCUT2D eigenvalue weighted by Gasteiger charge is -2.32. The van der Waals surface area contributed by atoms with Gasteiger partial charge in [0.1, 0.15) is 12.1 Å². The van der Waals surface area contributed by atoms with Crippen LogP contribution in [0.4, 0.5) is 4.39 Å². The molecule has 0 saturated carbocycles. The van der Waals surface area contributed by atoms with E-state index < -0.39 is 11.7 Å². The normalized spacial score (nSPS) is 14.3. The Kier molecular flexibility index (Phi) is 12.4. The number of nitrogens with zero attached hydrogens (tertiary/aromatic N) is 5. The van der Waals surface area contributed by atoms with Gasteiger partial charge in [-0.3, -0.25) is 14.7 Å². The number of amides is 2. The number of benzene rings is 3. The van der Waals surface area contributed by atoms with Gasteiger partial charge in [0, 0.05) is 60.2 Å². The second-order valence-electron chi connectivity index (χ2n) is 16.4. The average Bonchev–Trinajstić information content (AvgIpc) is 3.93. The summed E-state index contributed by atoms with van der Waals surface area (Å²) in [6.07, 6.45) is 6.67. The number of aldehydes is 1. The molecular weight excluding hydrogens is 748 g/mol. The molecule has 59 heavy (non-hydrogen) atoms. The van der Waals surface area contributed by atoms with E-state index in [2.05, 4.69) is 77.3 Å². The molecule has 1 aliphatic heterocycles. The SMILES string of the molecule is CNC(=O)C(CCC=O)c1ccc(CCN2CCC(c3ccc(-c4cnc5n[nH]c(-c6ccc(CNC(=O)c7nc(C(C)(C)C)no7)c(F)c6C)c5c4)cc3)CC2)cc1. The Labute approximate surface area is 343 Å². The summed E-state index contributed by atoms with van der Waals surface area (Å²) in [7, 11) is 1.63. The third-order valence-electron chi connectivity index (χ3n) is 11.4. The van der Waals surface area contributed by atoms with Crippen molar-refractivity contribution in [3.63, 3.8) is 0 Å². The summed E-state index contributed by atoms with van der Waals surface area (Å²) < 4.78 is 20.9. The molecule has 2 amide bonds. The fourth-order valence-corrected chi connectivity index (χ4v) is 7.78. The zero-order valence-corrected chi connectivity index (χ0v) is 34.3. The van der Waals surface area contributed by atoms with Crippen molar-refractivity contribution in [2.45, 2.75) is 83.6 Å². The lowest BCUT2D eigenvalue weighted by molar-refractivity contribution is -0.122. The molecule has 1 saturated heterocycles. The van der Waals surface area contributed by atoms with Crippen molar-refractivity contribution in [2.24, 2.45) is 0 Å². The lowest BCUT2D eigenvalue weighted by Crippen LogP contribution is -2.34. The maximum absolute atomic E-state index is 15.8. The van der Waals surface area contributed by atoms with Gasteiger partial charge in [-0.15, -0.1) is 0 Å². The molecule has 12 nitrogen and oxygen atoms in total. The second kappa shape index (κ2) is 17.8. The second-order valence-corrected chi connectivity index (χ2v) is 16.4. The highest BCUT2D eigenvalue weighted by atomic mass is 19.1. The number of hydrogen-bond donors (Lipinski definition) is 3. The number of H-pyrrole nitrogens is 1. The zero-order valence-electron chi connectivity index (χ0n) is 34.3. The quantitative estimate of drug-likeness (QED) is 0.0945. The number of halogens is 1. The molecule has 1 unspecified atom stereocenters. The summed E-state index contributed by atoms with van der Waals surface area (Å²) in [5.41, 5.74) is 7.72. The molecule has 0 bridgehead atoms. The zero-order chi connectivity index (χ0) is 41.7. The Morgan fingerprint density at radius 3 is 2.46 bits per heavy atom. The number of hydrogen-bond acceptors (Lipinski definition) is 9. The van der Waals surface area contributed by atoms with Crippen molar-refractivity contribution in [3.8, 4) is 22.4 Å². The van der Waals surface area contributed by atoms with E-state index in [0.29, 0.717) is 52.6 Å². The largest absolute Gasteiger partial charge is 0.359 e. The van der Waals surface area contributed by atoms with Gasteiger partial charge in [-0.2, -0.15) is 10.1 Å². The van der Waals surface area contributed by atoms with E-state index in [-0.39, 0.29) is 29.7 Å². The average molecular weight is 799 g/mol. The number of nitrogens with one attached hydrogen (secondary N) is 3. The summed E-state index contributed by atoms with van der Waals surface area (Å²) in [5.74, 6) is -0.629. The smallest absolute Gasteiger partial charge is 0.315 e. The third kappa shape index (κ3) is 9.30. The Bertz CT molecular complexity index is 2430. The molecular formula is C46H51FN8O4. The van der Waals surface area contributed by atoms with E-state index in [1.54, 1.807) is 20.0 Å². The molecule has 3 N–H and O–H groups in total. The van der Waals surface area contributed by atoms with Crippen molar-refractivity contribution in [2.75, 3.05) is 26.7 Å². The minimum Gasteiger partial charge on any atom is -0.359 e. The molecule has 7 rings (SSSR count). The molecule has 3 aromatic heterocycles. The minimum atomic E-state index is -0.568. The molecule has 3 aromatic carbocycles. The van der Waals surface area contributed by atoms with E-state index >= 15 is 4.39 Å². The predicted molar refractivity (Wildman–Crippen MR) is 224 cm³/mol. The standard InChI is InChI=1S/C46H51FN8O4/c1-28-36(17-16-34(39(28)47)26-50-43(58)44-51-45(54-59-44)46(2,3)4)40-38-25-35(27-49-41(38)53-52-40)31-14-12-30(13-15-31)32-19-22-55(23-20-32)21-18-29-8-10-33(11-9-29)37(7-6-24-56)42(57)48-5/h8-17,24-25,27,32,37H,6-7,18-23,26H2,1-5H3,(H,48,57)(H,50,58)(H,49,52,53). The van der Waals surface area contributed by atoms with Gasteiger partial charge in [-0.1, -0.05) is 86.6 Å². The summed E-state index contributed by atoms with van der Waals surface area (Å²) in [5, 5.41) is 17.6. The Morgan fingerprint density at radius 1 is 1.03 bits per heavy atom. The molecule has 4 heterocycles. The molecule has 13 heteroatoms. The van der Waals surface area contributed by atoms with E-state index in [9.17, 15) is 14.4 Å². The molecule has 6 aromatic rings. The Balaban J connectivity index is 0.950. The van der Waals surface area contributed by atoms with Crippen LogP contribution in [0.3, 0.4) is 0 Å². The minimum absolute atomic E-state index is 0.0473. The number of pyridine rings is 1. The van der Waals surface area contributed by atoms with Crippen LogP contribution in [-0.2, 0) is 28.0 Å². The molecule has 0 spiro atoms. The van der Waals surface area contributed by atoms with Gasteiger partial charge in [-0.25, -0.2) is 9.37 Å². The van der Waals surface area contributed by atoms with E-state index in [1.807, 2.05) is 51.2 Å². The van der Waals surface area contributed by atoms with E-state index in [1.165, 1.54) is 11.1 Å². The predicted octanol–water partition coefficient (Wildman–Crippen LogP) is 7.58. The van der Waals surface area contributed by atoms with Crippen molar-refractivity contribution < 1.29 is 23.3 Å². The van der Waals surface area contributed by atoms with Crippen molar-refractivity contribution in [1.82, 2.24) is 40.9 Å². The maximum atomic E-state index is 15.8. The number of likely N-dealkylation sites (tertiary alicyclic amines) is 1. The fourth-order valence-electron chi connectivity index (χ4n) is 7.78. The molecule has 0 aliphatic carbocycles. The van der Waals surface area contributed by atoms with Crippen molar-refractivity contribution in [1.29, 1.82) is 0 Å². The van der Waals surface area contributed by atoms with Crippen LogP contribution in [0.2, 0.25) is 0 Å². The maximum Gasteiger partial charge on any atom is 0.315 e. The highest BCUT2D eigenvalue weighted by molar-refractivity contribution is 5.94. The van der Waals surface area contributed by atoms with Gasteiger partial charge in [0.25, 0.3) is 0 Å². The van der Waals surface area contributed by atoms with Gasteiger partial charge in [-0.05, 0) is 85.5 Å². The molecule has 1 atom stereocenters. The van der Waals surface area contributed by atoms with Crippen LogP contribution < -0.4 is 10.6 Å².